The van der Waals surface area contributed by atoms with E-state index in [9.17, 15) is 0 Å². The molecule has 0 aliphatic carbocycles. The molecule has 0 unspecified atom stereocenters. The first-order chi connectivity index (χ1) is 13.8. The Balaban J connectivity index is 1.99. The second-order valence-corrected chi connectivity index (χ2v) is 6.29. The van der Waals surface area contributed by atoms with Crippen LogP contribution in [-0.2, 0) is 0 Å². The predicted octanol–water partition coefficient (Wildman–Crippen LogP) is 5.49. The first kappa shape index (κ1) is 17.7. The molecule has 1 aromatic heterocycles. The Kier molecular flexibility index (Phi) is 5.02. The van der Waals surface area contributed by atoms with Crippen molar-refractivity contribution in [1.29, 1.82) is 0 Å². The Hall–Kier alpha value is -3.66. The fraction of sp³-hybridized carbons (Fsp3) is 0.0833. The molecule has 4 aromatic rings. The standard InChI is InChI=1S/C24H20N2O2/c1-27-19-8-3-6-17(14-19)21-10-5-11-22(18-7-4-9-20(15-18)28-2)24(21)23-12-13-25-16-26-23/h3-16H,1-2H3. The summed E-state index contributed by atoms with van der Waals surface area (Å²) in [4.78, 5) is 8.61. The Labute approximate surface area is 164 Å². The molecule has 0 saturated carbocycles. The summed E-state index contributed by atoms with van der Waals surface area (Å²) in [5, 5.41) is 0. The van der Waals surface area contributed by atoms with E-state index in [4.69, 9.17) is 9.47 Å². The maximum Gasteiger partial charge on any atom is 0.119 e. The van der Waals surface area contributed by atoms with Gasteiger partial charge in [-0.05, 0) is 52.6 Å². The third-order valence-electron chi connectivity index (χ3n) is 4.66. The van der Waals surface area contributed by atoms with Crippen LogP contribution in [0.1, 0.15) is 0 Å². The summed E-state index contributed by atoms with van der Waals surface area (Å²) in [6, 6.07) is 24.3. The molecule has 0 aliphatic rings. The highest BCUT2D eigenvalue weighted by atomic mass is 16.5. The number of hydrogen-bond donors (Lipinski definition) is 0. The van der Waals surface area contributed by atoms with Gasteiger partial charge in [-0.2, -0.15) is 0 Å². The minimum absolute atomic E-state index is 0.818. The molecule has 0 amide bonds. The highest BCUT2D eigenvalue weighted by Crippen LogP contribution is 2.40. The molecule has 4 heteroatoms. The van der Waals surface area contributed by atoms with Gasteiger partial charge in [0.25, 0.3) is 0 Å². The van der Waals surface area contributed by atoms with Gasteiger partial charge in [0.05, 0.1) is 19.9 Å². The molecule has 0 spiro atoms. The van der Waals surface area contributed by atoms with E-state index in [0.29, 0.717) is 0 Å². The van der Waals surface area contributed by atoms with E-state index in [1.54, 1.807) is 26.7 Å². The first-order valence-corrected chi connectivity index (χ1v) is 8.98. The van der Waals surface area contributed by atoms with Crippen LogP contribution in [-0.4, -0.2) is 24.2 Å². The molecule has 138 valence electrons. The van der Waals surface area contributed by atoms with Gasteiger partial charge in [-0.1, -0.05) is 42.5 Å². The summed E-state index contributed by atoms with van der Waals surface area (Å²) in [7, 11) is 3.36. The summed E-state index contributed by atoms with van der Waals surface area (Å²) in [5.41, 5.74) is 6.21. The number of methoxy groups -OCH3 is 2. The minimum atomic E-state index is 0.818. The van der Waals surface area contributed by atoms with Gasteiger partial charge in [0.15, 0.2) is 0 Å². The fourth-order valence-corrected chi connectivity index (χ4v) is 3.33. The molecule has 0 aliphatic heterocycles. The van der Waals surface area contributed by atoms with Crippen molar-refractivity contribution >= 4 is 0 Å². The van der Waals surface area contributed by atoms with E-state index in [1.165, 1.54) is 0 Å². The number of hydrogen-bond acceptors (Lipinski definition) is 4. The Morgan fingerprint density at radius 1 is 0.679 bits per heavy atom. The molecule has 4 rings (SSSR count). The molecule has 0 N–H and O–H groups in total. The Morgan fingerprint density at radius 3 is 1.75 bits per heavy atom. The molecule has 28 heavy (non-hydrogen) atoms. The zero-order valence-corrected chi connectivity index (χ0v) is 15.8. The molecule has 0 fully saturated rings. The van der Waals surface area contributed by atoms with Crippen molar-refractivity contribution in [2.75, 3.05) is 14.2 Å². The molecular formula is C24H20N2O2. The topological polar surface area (TPSA) is 44.2 Å². The molecule has 1 heterocycles. The zero-order valence-electron chi connectivity index (χ0n) is 15.8. The van der Waals surface area contributed by atoms with Gasteiger partial charge in [-0.15, -0.1) is 0 Å². The lowest BCUT2D eigenvalue weighted by Gasteiger charge is -2.16. The van der Waals surface area contributed by atoms with Crippen LogP contribution in [0.3, 0.4) is 0 Å². The monoisotopic (exact) mass is 368 g/mol. The number of benzene rings is 3. The van der Waals surface area contributed by atoms with Crippen LogP contribution < -0.4 is 9.47 Å². The third kappa shape index (κ3) is 3.45. The van der Waals surface area contributed by atoms with Gasteiger partial charge in [-0.3, -0.25) is 0 Å². The van der Waals surface area contributed by atoms with E-state index in [-0.39, 0.29) is 0 Å². The second-order valence-electron chi connectivity index (χ2n) is 6.29. The van der Waals surface area contributed by atoms with Gasteiger partial charge in [0, 0.05) is 11.8 Å². The van der Waals surface area contributed by atoms with E-state index in [2.05, 4.69) is 40.3 Å². The van der Waals surface area contributed by atoms with Gasteiger partial charge >= 0.3 is 0 Å². The van der Waals surface area contributed by atoms with Crippen LogP contribution in [0.15, 0.2) is 85.3 Å². The van der Waals surface area contributed by atoms with Crippen molar-refractivity contribution in [2.45, 2.75) is 0 Å². The Bertz CT molecular complexity index is 1030. The van der Waals surface area contributed by atoms with Crippen molar-refractivity contribution in [3.63, 3.8) is 0 Å². The van der Waals surface area contributed by atoms with Crippen LogP contribution in [0.5, 0.6) is 11.5 Å². The molecule has 0 atom stereocenters. The van der Waals surface area contributed by atoms with Gasteiger partial charge in [0.2, 0.25) is 0 Å². The van der Waals surface area contributed by atoms with Crippen LogP contribution in [0.4, 0.5) is 0 Å². The van der Waals surface area contributed by atoms with Crippen molar-refractivity contribution in [1.82, 2.24) is 9.97 Å². The summed E-state index contributed by atoms with van der Waals surface area (Å²) in [6.07, 6.45) is 3.34. The largest absolute Gasteiger partial charge is 0.497 e. The zero-order chi connectivity index (χ0) is 19.3. The fourth-order valence-electron chi connectivity index (χ4n) is 3.33. The summed E-state index contributed by atoms with van der Waals surface area (Å²) in [6.45, 7) is 0. The van der Waals surface area contributed by atoms with Crippen LogP contribution in [0, 0.1) is 0 Å². The quantitative estimate of drug-likeness (QED) is 0.467. The maximum absolute atomic E-state index is 5.42. The van der Waals surface area contributed by atoms with Gasteiger partial charge in [0.1, 0.15) is 17.8 Å². The highest BCUT2D eigenvalue weighted by Gasteiger charge is 2.15. The minimum Gasteiger partial charge on any atom is -0.497 e. The average Bonchev–Trinajstić information content (AvgIpc) is 2.79. The van der Waals surface area contributed by atoms with Crippen LogP contribution in [0.25, 0.3) is 33.5 Å². The van der Waals surface area contributed by atoms with Gasteiger partial charge in [-0.25, -0.2) is 9.97 Å². The normalized spacial score (nSPS) is 10.5. The van der Waals surface area contributed by atoms with E-state index < -0.39 is 0 Å². The summed E-state index contributed by atoms with van der Waals surface area (Å²) < 4.78 is 10.8. The molecule has 0 bridgehead atoms. The third-order valence-corrected chi connectivity index (χ3v) is 4.66. The lowest BCUT2D eigenvalue weighted by atomic mass is 9.89. The number of aromatic nitrogens is 2. The first-order valence-electron chi connectivity index (χ1n) is 8.98. The van der Waals surface area contributed by atoms with E-state index >= 15 is 0 Å². The summed E-state index contributed by atoms with van der Waals surface area (Å²) in [5.74, 6) is 1.64. The van der Waals surface area contributed by atoms with E-state index in [0.717, 1.165) is 45.0 Å². The molecule has 3 aromatic carbocycles. The van der Waals surface area contributed by atoms with Crippen molar-refractivity contribution in [2.24, 2.45) is 0 Å². The van der Waals surface area contributed by atoms with Crippen molar-refractivity contribution < 1.29 is 9.47 Å². The van der Waals surface area contributed by atoms with E-state index in [1.807, 2.05) is 42.5 Å². The summed E-state index contributed by atoms with van der Waals surface area (Å²) >= 11 is 0. The lowest BCUT2D eigenvalue weighted by molar-refractivity contribution is 0.415. The van der Waals surface area contributed by atoms with Crippen LogP contribution in [0.2, 0.25) is 0 Å². The number of ether oxygens (including phenoxy) is 2. The van der Waals surface area contributed by atoms with Gasteiger partial charge < -0.3 is 9.47 Å². The van der Waals surface area contributed by atoms with Crippen molar-refractivity contribution in [3.05, 3.63) is 85.3 Å². The lowest BCUT2D eigenvalue weighted by Crippen LogP contribution is -1.94. The second kappa shape index (κ2) is 7.92. The SMILES string of the molecule is COc1cccc(-c2cccc(-c3cccc(OC)c3)c2-c2ccncn2)c1. The molecule has 0 saturated heterocycles. The molecule has 4 nitrogen and oxygen atoms in total. The van der Waals surface area contributed by atoms with Crippen LogP contribution >= 0.6 is 0 Å². The predicted molar refractivity (Wildman–Crippen MR) is 111 cm³/mol. The number of rotatable bonds is 5. The number of nitrogens with zero attached hydrogens (tertiary/aromatic N) is 2. The van der Waals surface area contributed by atoms with Crippen molar-refractivity contribution in [3.8, 4) is 45.0 Å². The maximum atomic E-state index is 5.42. The Morgan fingerprint density at radius 2 is 1.25 bits per heavy atom. The highest BCUT2D eigenvalue weighted by molar-refractivity contribution is 5.93. The molecular weight excluding hydrogens is 348 g/mol. The average molecular weight is 368 g/mol. The molecule has 0 radical (unpaired) electrons. The smallest absolute Gasteiger partial charge is 0.119 e.